The molecule has 1 unspecified atom stereocenters. The molecule has 1 atom stereocenters. The van der Waals surface area contributed by atoms with Gasteiger partial charge in [-0.15, -0.1) is 24.0 Å². The number of likely N-dealkylation sites (tertiary alicyclic amines) is 1. The number of carbonyl (C=O) groups is 1. The Morgan fingerprint density at radius 2 is 2.08 bits per heavy atom. The minimum Gasteiger partial charge on any atom is -0.469 e. The van der Waals surface area contributed by atoms with E-state index < -0.39 is 0 Å². The molecule has 2 fully saturated rings. The topological polar surface area (TPSA) is 63.2 Å². The zero-order valence-electron chi connectivity index (χ0n) is 15.7. The number of nitrogens with one attached hydrogen (secondary N) is 1. The first kappa shape index (κ1) is 22.5. The Balaban J connectivity index is 0.00000312. The van der Waals surface area contributed by atoms with Gasteiger partial charge in [0.15, 0.2) is 5.96 Å². The van der Waals surface area contributed by atoms with Crippen LogP contribution in [0.3, 0.4) is 0 Å². The van der Waals surface area contributed by atoms with Crippen LogP contribution in [0.4, 0.5) is 0 Å². The van der Waals surface area contributed by atoms with Crippen LogP contribution in [0.1, 0.15) is 51.9 Å². The first-order valence-corrected chi connectivity index (χ1v) is 9.37. The van der Waals surface area contributed by atoms with Crippen LogP contribution in [0.25, 0.3) is 0 Å². The lowest BCUT2D eigenvalue weighted by atomic mass is 9.87. The molecule has 1 N–H and O–H groups in total. The molecule has 2 aliphatic rings. The van der Waals surface area contributed by atoms with Crippen LogP contribution in [0.5, 0.6) is 0 Å². The molecule has 0 aromatic heterocycles. The molecule has 146 valence electrons. The van der Waals surface area contributed by atoms with E-state index in [9.17, 15) is 4.79 Å². The maximum Gasteiger partial charge on any atom is 0.305 e. The highest BCUT2D eigenvalue weighted by Crippen LogP contribution is 2.38. The number of ether oxygens (including phenoxy) is 2. The van der Waals surface area contributed by atoms with Crippen LogP contribution in [-0.4, -0.2) is 63.3 Å². The maximum absolute atomic E-state index is 11.0. The number of guanidine groups is 1. The van der Waals surface area contributed by atoms with Gasteiger partial charge in [-0.3, -0.25) is 9.79 Å². The monoisotopic (exact) mass is 467 g/mol. The smallest absolute Gasteiger partial charge is 0.305 e. The number of carbonyl (C=O) groups excluding carboxylic acids is 1. The first-order chi connectivity index (χ1) is 11.7. The summed E-state index contributed by atoms with van der Waals surface area (Å²) in [6.45, 7) is 7.83. The van der Waals surface area contributed by atoms with Gasteiger partial charge in [-0.1, -0.05) is 12.8 Å². The number of hydrogen-bond donors (Lipinski definition) is 1. The van der Waals surface area contributed by atoms with Crippen LogP contribution < -0.4 is 5.32 Å². The first-order valence-electron chi connectivity index (χ1n) is 9.37. The number of aliphatic imine (C=N–C) groups is 1. The molecule has 2 rings (SSSR count). The lowest BCUT2D eigenvalue weighted by Gasteiger charge is -2.25. The number of esters is 1. The highest BCUT2D eigenvalue weighted by Gasteiger charge is 2.42. The summed E-state index contributed by atoms with van der Waals surface area (Å²) in [6, 6.07) is 0. The minimum absolute atomic E-state index is 0. The lowest BCUT2D eigenvalue weighted by Crippen LogP contribution is -2.41. The van der Waals surface area contributed by atoms with E-state index in [1.807, 2.05) is 0 Å². The Morgan fingerprint density at radius 1 is 1.28 bits per heavy atom. The van der Waals surface area contributed by atoms with Gasteiger partial charge in [0.05, 0.1) is 13.7 Å². The molecule has 0 aromatic rings. The van der Waals surface area contributed by atoms with E-state index in [1.54, 1.807) is 0 Å². The molecule has 2 saturated heterocycles. The molecule has 6 nitrogen and oxygen atoms in total. The molecule has 25 heavy (non-hydrogen) atoms. The van der Waals surface area contributed by atoms with Crippen LogP contribution in [-0.2, 0) is 14.3 Å². The van der Waals surface area contributed by atoms with Gasteiger partial charge in [0, 0.05) is 44.6 Å². The predicted molar refractivity (Wildman–Crippen MR) is 111 cm³/mol. The molecule has 7 heteroatoms. The zero-order valence-corrected chi connectivity index (χ0v) is 18.1. The Morgan fingerprint density at radius 3 is 2.76 bits per heavy atom. The van der Waals surface area contributed by atoms with Crippen LogP contribution >= 0.6 is 24.0 Å². The summed E-state index contributed by atoms with van der Waals surface area (Å²) in [4.78, 5) is 18.2. The van der Waals surface area contributed by atoms with E-state index in [0.717, 1.165) is 71.0 Å². The van der Waals surface area contributed by atoms with Gasteiger partial charge in [-0.05, 0) is 32.6 Å². The predicted octanol–water partition coefficient (Wildman–Crippen LogP) is 2.81. The van der Waals surface area contributed by atoms with Gasteiger partial charge in [0.1, 0.15) is 0 Å². The van der Waals surface area contributed by atoms with E-state index in [2.05, 4.69) is 21.9 Å². The van der Waals surface area contributed by atoms with E-state index in [1.165, 1.54) is 20.0 Å². The summed E-state index contributed by atoms with van der Waals surface area (Å²) in [5, 5.41) is 3.43. The number of nitrogens with zero attached hydrogens (tertiary/aromatic N) is 2. The van der Waals surface area contributed by atoms with Crippen molar-refractivity contribution >= 4 is 35.9 Å². The number of hydrogen-bond acceptors (Lipinski definition) is 4. The summed E-state index contributed by atoms with van der Waals surface area (Å²) in [5.41, 5.74) is 0.365. The van der Waals surface area contributed by atoms with Crippen molar-refractivity contribution in [3.63, 3.8) is 0 Å². The fourth-order valence-corrected chi connectivity index (χ4v) is 3.53. The molecule has 0 radical (unpaired) electrons. The Kier molecular flexibility index (Phi) is 10.7. The van der Waals surface area contributed by atoms with Gasteiger partial charge in [0.2, 0.25) is 0 Å². The molecular formula is C18H34IN3O3. The second-order valence-electron chi connectivity index (χ2n) is 6.95. The molecule has 2 aliphatic heterocycles. The summed E-state index contributed by atoms with van der Waals surface area (Å²) in [6.07, 6.45) is 7.07. The fraction of sp³-hybridized carbons (Fsp3) is 0.889. The fourth-order valence-electron chi connectivity index (χ4n) is 3.53. The summed E-state index contributed by atoms with van der Waals surface area (Å²) >= 11 is 0. The van der Waals surface area contributed by atoms with Gasteiger partial charge in [-0.2, -0.15) is 0 Å². The van der Waals surface area contributed by atoms with Gasteiger partial charge in [-0.25, -0.2) is 0 Å². The van der Waals surface area contributed by atoms with Gasteiger partial charge >= 0.3 is 5.97 Å². The maximum atomic E-state index is 11.0. The average molecular weight is 467 g/mol. The molecule has 1 spiro atoms. The van der Waals surface area contributed by atoms with E-state index in [0.29, 0.717) is 11.8 Å². The van der Waals surface area contributed by atoms with Crippen LogP contribution in [0, 0.1) is 5.41 Å². The molecule has 0 aromatic carbocycles. The van der Waals surface area contributed by atoms with Crippen LogP contribution in [0.2, 0.25) is 0 Å². The minimum atomic E-state index is -0.110. The van der Waals surface area contributed by atoms with Crippen molar-refractivity contribution in [2.24, 2.45) is 10.4 Å². The van der Waals surface area contributed by atoms with Gasteiger partial charge < -0.3 is 19.7 Å². The van der Waals surface area contributed by atoms with Crippen molar-refractivity contribution in [3.05, 3.63) is 0 Å². The summed E-state index contributed by atoms with van der Waals surface area (Å²) in [7, 11) is 1.44. The Hall–Kier alpha value is -0.570. The SMILES string of the molecule is CCNC(=NCCCCCCC(=O)OC)N1CCC2(CCOC2)C1.I. The molecule has 0 amide bonds. The largest absolute Gasteiger partial charge is 0.469 e. The molecule has 0 saturated carbocycles. The number of methoxy groups -OCH3 is 1. The second-order valence-corrected chi connectivity index (χ2v) is 6.95. The molecule has 0 aliphatic carbocycles. The van der Waals surface area contributed by atoms with E-state index in [-0.39, 0.29) is 29.9 Å². The third kappa shape index (κ3) is 7.29. The normalized spacial score (nSPS) is 23.0. The van der Waals surface area contributed by atoms with Crippen molar-refractivity contribution in [2.75, 3.05) is 46.5 Å². The Bertz CT molecular complexity index is 426. The van der Waals surface area contributed by atoms with Crippen molar-refractivity contribution < 1.29 is 14.3 Å². The van der Waals surface area contributed by atoms with Crippen molar-refractivity contribution in [3.8, 4) is 0 Å². The van der Waals surface area contributed by atoms with Crippen molar-refractivity contribution in [1.82, 2.24) is 10.2 Å². The zero-order chi connectivity index (χ0) is 17.3. The quantitative estimate of drug-likeness (QED) is 0.196. The number of unbranched alkanes of at least 4 members (excludes halogenated alkanes) is 3. The Labute approximate surface area is 169 Å². The van der Waals surface area contributed by atoms with Gasteiger partial charge in [0.25, 0.3) is 0 Å². The third-order valence-corrected chi connectivity index (χ3v) is 5.04. The van der Waals surface area contributed by atoms with Crippen molar-refractivity contribution in [2.45, 2.75) is 51.9 Å². The molecule has 0 bridgehead atoms. The summed E-state index contributed by atoms with van der Waals surface area (Å²) < 4.78 is 10.3. The van der Waals surface area contributed by atoms with Crippen LogP contribution in [0.15, 0.2) is 4.99 Å². The second kappa shape index (κ2) is 11.9. The number of halogens is 1. The average Bonchev–Trinajstić information content (AvgIpc) is 3.23. The lowest BCUT2D eigenvalue weighted by molar-refractivity contribution is -0.140. The number of rotatable bonds is 8. The van der Waals surface area contributed by atoms with Crippen molar-refractivity contribution in [1.29, 1.82) is 0 Å². The van der Waals surface area contributed by atoms with E-state index in [4.69, 9.17) is 9.73 Å². The third-order valence-electron chi connectivity index (χ3n) is 5.04. The standard InChI is InChI=1S/C18H33N3O3.HI/c1-3-19-17(20-11-7-5-4-6-8-16(22)23-2)21-12-9-18(14-21)10-13-24-15-18;/h3-15H2,1-2H3,(H,19,20);1H. The summed E-state index contributed by atoms with van der Waals surface area (Å²) in [5.74, 6) is 0.942. The molecular weight excluding hydrogens is 433 g/mol. The molecule has 2 heterocycles. The highest BCUT2D eigenvalue weighted by atomic mass is 127. The van der Waals surface area contributed by atoms with E-state index >= 15 is 0 Å². The highest BCUT2D eigenvalue weighted by molar-refractivity contribution is 14.0.